The van der Waals surface area contributed by atoms with Gasteiger partial charge in [0.2, 0.25) is 0 Å². The standard InChI is InChI=1S/C30H39N3O2/c1-27(35)10-8-19-17(12-27)6-7-21-20(19)9-11-28(2)23(21)24-26-29(24,3)30(26,28)22(34)15-33-25(16-4-5-16)18(13-31)14-32-33/h14,16-17,19-21,23-24,26,35H,4-12,15H2,1-3H3/t17-,19+,20-,21-,23-,24+,26-,27-,28+,29+,30+/m1/s1. The van der Waals surface area contributed by atoms with Crippen molar-refractivity contribution in [2.24, 2.45) is 57.7 Å². The van der Waals surface area contributed by atoms with E-state index in [0.29, 0.717) is 41.6 Å². The van der Waals surface area contributed by atoms with Gasteiger partial charge < -0.3 is 5.11 Å². The minimum absolute atomic E-state index is 0.132. The lowest BCUT2D eigenvalue weighted by atomic mass is 9.48. The maximum absolute atomic E-state index is 14.2. The number of carbonyl (C=O) groups is 1. The summed E-state index contributed by atoms with van der Waals surface area (Å²) in [7, 11) is 0. The lowest BCUT2D eigenvalue weighted by Crippen LogP contribution is -2.51. The second kappa shape index (κ2) is 6.24. The fraction of sp³-hybridized carbons (Fsp3) is 0.833. The summed E-state index contributed by atoms with van der Waals surface area (Å²) in [5.41, 5.74) is 1.43. The molecule has 1 N–H and O–H groups in total. The van der Waals surface area contributed by atoms with Gasteiger partial charge in [-0.15, -0.1) is 0 Å². The van der Waals surface area contributed by atoms with Crippen LogP contribution in [-0.2, 0) is 11.3 Å². The average molecular weight is 474 g/mol. The Balaban J connectivity index is 1.09. The molecule has 186 valence electrons. The van der Waals surface area contributed by atoms with Crippen molar-refractivity contribution in [2.75, 3.05) is 0 Å². The largest absolute Gasteiger partial charge is 0.390 e. The molecule has 35 heavy (non-hydrogen) atoms. The zero-order valence-electron chi connectivity index (χ0n) is 21.5. The number of nitriles is 1. The lowest BCUT2D eigenvalue weighted by Gasteiger charge is -2.56. The second-order valence-electron chi connectivity index (χ2n) is 14.6. The third-order valence-corrected chi connectivity index (χ3v) is 13.3. The van der Waals surface area contributed by atoms with Crippen molar-refractivity contribution < 1.29 is 9.90 Å². The summed E-state index contributed by atoms with van der Waals surface area (Å²) in [4.78, 5) is 14.2. The Hall–Kier alpha value is -1.67. The van der Waals surface area contributed by atoms with E-state index in [-0.39, 0.29) is 16.2 Å². The number of rotatable bonds is 4. The quantitative estimate of drug-likeness (QED) is 0.662. The van der Waals surface area contributed by atoms with Crippen molar-refractivity contribution in [3.05, 3.63) is 17.5 Å². The summed E-state index contributed by atoms with van der Waals surface area (Å²) < 4.78 is 1.91. The molecule has 0 radical (unpaired) electrons. The molecule has 0 unspecified atom stereocenters. The Morgan fingerprint density at radius 2 is 1.83 bits per heavy atom. The number of Topliss-reactive ketones (excluding diaryl/α,β-unsaturated/α-hetero) is 1. The molecule has 0 amide bonds. The van der Waals surface area contributed by atoms with E-state index in [1.54, 1.807) is 6.20 Å². The van der Waals surface area contributed by atoms with Crippen LogP contribution in [0.25, 0.3) is 0 Å². The first-order valence-corrected chi connectivity index (χ1v) is 14.4. The smallest absolute Gasteiger partial charge is 0.161 e. The Morgan fingerprint density at radius 1 is 1.09 bits per heavy atom. The molecule has 0 aliphatic heterocycles. The van der Waals surface area contributed by atoms with Crippen LogP contribution >= 0.6 is 0 Å². The number of fused-ring (bicyclic) bond motifs is 3. The Bertz CT molecular complexity index is 1190. The van der Waals surface area contributed by atoms with Crippen LogP contribution in [0.5, 0.6) is 0 Å². The van der Waals surface area contributed by atoms with Crippen molar-refractivity contribution in [3.8, 4) is 6.07 Å². The van der Waals surface area contributed by atoms with Crippen LogP contribution in [0.3, 0.4) is 0 Å². The SMILES string of the molecule is C[C@@]1(O)CC[C@H]2[C@H](CC[C@@H]3[C@@H]2CC[C@@]2(C)[C@H]3[C@H]3[C@@H]4[C@@]3(C)[C@@]42C(=O)Cn2ncc(C#N)c2C2CC2)C1. The molecule has 8 fully saturated rings. The number of aliphatic hydroxyl groups is 1. The molecular weight excluding hydrogens is 434 g/mol. The van der Waals surface area contributed by atoms with Gasteiger partial charge in [0.15, 0.2) is 5.78 Å². The first-order chi connectivity index (χ1) is 16.7. The van der Waals surface area contributed by atoms with E-state index >= 15 is 0 Å². The maximum Gasteiger partial charge on any atom is 0.161 e. The van der Waals surface area contributed by atoms with Crippen molar-refractivity contribution in [2.45, 2.75) is 96.6 Å². The number of carbonyl (C=O) groups excluding carboxylic acids is 1. The fourth-order valence-corrected chi connectivity index (χ4v) is 12.1. The summed E-state index contributed by atoms with van der Waals surface area (Å²) in [6.45, 7) is 7.35. The fourth-order valence-electron chi connectivity index (χ4n) is 12.1. The van der Waals surface area contributed by atoms with Gasteiger partial charge in [-0.2, -0.15) is 10.4 Å². The Labute approximate surface area is 208 Å². The Morgan fingerprint density at radius 3 is 2.54 bits per heavy atom. The molecule has 5 heteroatoms. The van der Waals surface area contributed by atoms with E-state index in [0.717, 1.165) is 55.0 Å². The first kappa shape index (κ1) is 21.4. The third-order valence-electron chi connectivity index (χ3n) is 13.3. The molecule has 2 bridgehead atoms. The van der Waals surface area contributed by atoms with Crippen LogP contribution in [0.4, 0.5) is 0 Å². The highest BCUT2D eigenvalue weighted by atomic mass is 16.3. The summed E-state index contributed by atoms with van der Waals surface area (Å²) in [6, 6.07) is 2.31. The van der Waals surface area contributed by atoms with Crippen molar-refractivity contribution in [1.82, 2.24) is 9.78 Å². The van der Waals surface area contributed by atoms with Gasteiger partial charge in [0.25, 0.3) is 0 Å². The normalized spacial score (nSPS) is 54.7. The molecule has 9 rings (SSSR count). The molecule has 1 aromatic rings. The van der Waals surface area contributed by atoms with Crippen LogP contribution in [0, 0.1) is 69.0 Å². The van der Waals surface area contributed by atoms with Crippen molar-refractivity contribution in [3.63, 3.8) is 0 Å². The number of ketones is 1. The van der Waals surface area contributed by atoms with Crippen LogP contribution in [0.1, 0.15) is 95.7 Å². The van der Waals surface area contributed by atoms with Gasteiger partial charge >= 0.3 is 0 Å². The van der Waals surface area contributed by atoms with Crippen LogP contribution in [0.15, 0.2) is 6.20 Å². The average Bonchev–Trinajstić information content (AvgIpc) is 3.74. The van der Waals surface area contributed by atoms with Gasteiger partial charge in [-0.05, 0) is 117 Å². The predicted molar refractivity (Wildman–Crippen MR) is 130 cm³/mol. The maximum atomic E-state index is 14.2. The zero-order chi connectivity index (χ0) is 24.1. The molecule has 11 atom stereocenters. The second-order valence-corrected chi connectivity index (χ2v) is 14.6. The van der Waals surface area contributed by atoms with Crippen LogP contribution < -0.4 is 0 Å². The summed E-state index contributed by atoms with van der Waals surface area (Å²) in [6.07, 6.45) is 12.1. The van der Waals surface area contributed by atoms with E-state index in [9.17, 15) is 15.2 Å². The molecule has 8 saturated carbocycles. The molecule has 0 aromatic carbocycles. The summed E-state index contributed by atoms with van der Waals surface area (Å²) in [5, 5.41) is 24.8. The molecule has 0 saturated heterocycles. The minimum atomic E-state index is -0.461. The van der Waals surface area contributed by atoms with Gasteiger partial charge in [-0.1, -0.05) is 13.8 Å². The minimum Gasteiger partial charge on any atom is -0.390 e. The lowest BCUT2D eigenvalue weighted by molar-refractivity contribution is -0.137. The number of aromatic nitrogens is 2. The highest BCUT2D eigenvalue weighted by molar-refractivity contribution is 5.95. The summed E-state index contributed by atoms with van der Waals surface area (Å²) >= 11 is 0. The highest BCUT2D eigenvalue weighted by Gasteiger charge is 3.05. The Kier molecular flexibility index (Phi) is 3.82. The predicted octanol–water partition coefficient (Wildman–Crippen LogP) is 5.08. The van der Waals surface area contributed by atoms with Gasteiger partial charge in [0, 0.05) is 11.3 Å². The van der Waals surface area contributed by atoms with Crippen molar-refractivity contribution >= 4 is 5.78 Å². The third kappa shape index (κ3) is 2.28. The molecule has 0 spiro atoms. The van der Waals surface area contributed by atoms with E-state index in [1.807, 2.05) is 11.6 Å². The topological polar surface area (TPSA) is 78.9 Å². The van der Waals surface area contributed by atoms with Gasteiger partial charge in [0.1, 0.15) is 12.6 Å². The van der Waals surface area contributed by atoms with Crippen LogP contribution in [0.2, 0.25) is 0 Å². The number of hydrogen-bond donors (Lipinski definition) is 1. The van der Waals surface area contributed by atoms with E-state index in [2.05, 4.69) is 25.0 Å². The molecule has 5 nitrogen and oxygen atoms in total. The molecule has 8 aliphatic carbocycles. The van der Waals surface area contributed by atoms with E-state index < -0.39 is 5.60 Å². The van der Waals surface area contributed by atoms with Crippen LogP contribution in [-0.4, -0.2) is 26.3 Å². The number of nitrogens with zero attached hydrogens (tertiary/aromatic N) is 3. The van der Waals surface area contributed by atoms with Gasteiger partial charge in [-0.3, -0.25) is 9.48 Å². The number of hydrogen-bond acceptors (Lipinski definition) is 4. The van der Waals surface area contributed by atoms with Crippen molar-refractivity contribution in [1.29, 1.82) is 5.26 Å². The van der Waals surface area contributed by atoms with Gasteiger partial charge in [0.05, 0.1) is 23.1 Å². The monoisotopic (exact) mass is 473 g/mol. The molecule has 1 heterocycles. The van der Waals surface area contributed by atoms with E-state index in [4.69, 9.17) is 0 Å². The highest BCUT2D eigenvalue weighted by Crippen LogP contribution is 3.06. The first-order valence-electron chi connectivity index (χ1n) is 14.4. The van der Waals surface area contributed by atoms with Gasteiger partial charge in [-0.25, -0.2) is 0 Å². The summed E-state index contributed by atoms with van der Waals surface area (Å²) in [5.74, 6) is 5.97. The molecular formula is C30H39N3O2. The zero-order valence-corrected chi connectivity index (χ0v) is 21.5. The molecule has 8 aliphatic rings. The molecule has 1 aromatic heterocycles. The van der Waals surface area contributed by atoms with E-state index in [1.165, 1.54) is 32.1 Å².